The summed E-state index contributed by atoms with van der Waals surface area (Å²) in [7, 11) is 0. The Balaban J connectivity index is 2.11. The first-order chi connectivity index (χ1) is 7.61. The number of hydrogen-bond donors (Lipinski definition) is 3. The highest BCUT2D eigenvalue weighted by Crippen LogP contribution is 2.31. The maximum atomic E-state index is 11.4. The van der Waals surface area contributed by atoms with Gasteiger partial charge in [-0.05, 0) is 18.8 Å². The second-order valence-electron chi connectivity index (χ2n) is 4.34. The summed E-state index contributed by atoms with van der Waals surface area (Å²) in [6.45, 7) is 2.54. The van der Waals surface area contributed by atoms with Crippen LogP contribution in [0.4, 0.5) is 4.79 Å². The number of carboxylic acids is 1. The molecule has 0 bridgehead atoms. The van der Waals surface area contributed by atoms with Gasteiger partial charge < -0.3 is 15.7 Å². The first-order valence-electron chi connectivity index (χ1n) is 5.88. The van der Waals surface area contributed by atoms with Crippen LogP contribution in [0.15, 0.2) is 0 Å². The Morgan fingerprint density at radius 2 is 2.12 bits per heavy atom. The molecular formula is C11H20N2O3. The van der Waals surface area contributed by atoms with E-state index in [9.17, 15) is 9.59 Å². The van der Waals surface area contributed by atoms with Crippen molar-refractivity contribution in [3.8, 4) is 0 Å². The minimum Gasteiger partial charge on any atom is -0.481 e. The SMILES string of the molecule is CCC(CC(=O)O)NC(=O)NCCC1CC1. The number of amides is 2. The quantitative estimate of drug-likeness (QED) is 0.615. The Kier molecular flexibility index (Phi) is 5.08. The molecular weight excluding hydrogens is 208 g/mol. The summed E-state index contributed by atoms with van der Waals surface area (Å²) in [4.78, 5) is 21.9. The lowest BCUT2D eigenvalue weighted by atomic mass is 10.1. The van der Waals surface area contributed by atoms with E-state index in [0.717, 1.165) is 12.3 Å². The molecule has 3 N–H and O–H groups in total. The Hall–Kier alpha value is -1.26. The van der Waals surface area contributed by atoms with E-state index in [1.54, 1.807) is 0 Å². The fourth-order valence-corrected chi connectivity index (χ4v) is 1.54. The van der Waals surface area contributed by atoms with E-state index in [0.29, 0.717) is 13.0 Å². The second-order valence-corrected chi connectivity index (χ2v) is 4.34. The summed E-state index contributed by atoms with van der Waals surface area (Å²) in [6.07, 6.45) is 4.19. The van der Waals surface area contributed by atoms with Gasteiger partial charge in [-0.1, -0.05) is 19.8 Å². The van der Waals surface area contributed by atoms with Gasteiger partial charge in [0.2, 0.25) is 0 Å². The van der Waals surface area contributed by atoms with Crippen LogP contribution in [-0.2, 0) is 4.79 Å². The third kappa shape index (κ3) is 5.58. The Labute approximate surface area is 95.6 Å². The average molecular weight is 228 g/mol. The molecule has 1 unspecified atom stereocenters. The minimum atomic E-state index is -0.884. The largest absolute Gasteiger partial charge is 0.481 e. The van der Waals surface area contributed by atoms with Gasteiger partial charge in [0.15, 0.2) is 0 Å². The molecule has 1 aliphatic carbocycles. The number of nitrogens with one attached hydrogen (secondary N) is 2. The summed E-state index contributed by atoms with van der Waals surface area (Å²) >= 11 is 0. The molecule has 5 nitrogen and oxygen atoms in total. The van der Waals surface area contributed by atoms with E-state index < -0.39 is 5.97 Å². The molecule has 5 heteroatoms. The van der Waals surface area contributed by atoms with Crippen molar-refractivity contribution in [1.29, 1.82) is 0 Å². The highest BCUT2D eigenvalue weighted by Gasteiger charge is 2.20. The van der Waals surface area contributed by atoms with E-state index in [2.05, 4.69) is 10.6 Å². The summed E-state index contributed by atoms with van der Waals surface area (Å²) in [5, 5.41) is 14.0. The van der Waals surface area contributed by atoms with Crippen molar-refractivity contribution >= 4 is 12.0 Å². The zero-order valence-corrected chi connectivity index (χ0v) is 9.66. The Morgan fingerprint density at radius 1 is 1.44 bits per heavy atom. The molecule has 1 saturated carbocycles. The van der Waals surface area contributed by atoms with E-state index in [1.807, 2.05) is 6.92 Å². The molecule has 0 aromatic carbocycles. The predicted molar refractivity (Wildman–Crippen MR) is 60.2 cm³/mol. The molecule has 0 aromatic heterocycles. The fourth-order valence-electron chi connectivity index (χ4n) is 1.54. The summed E-state index contributed by atoms with van der Waals surface area (Å²) < 4.78 is 0. The van der Waals surface area contributed by atoms with Crippen LogP contribution < -0.4 is 10.6 Å². The van der Waals surface area contributed by atoms with Crippen molar-refractivity contribution in [2.75, 3.05) is 6.54 Å². The lowest BCUT2D eigenvalue weighted by Crippen LogP contribution is -2.43. The van der Waals surface area contributed by atoms with Crippen LogP contribution in [0.1, 0.15) is 39.0 Å². The molecule has 1 fully saturated rings. The van der Waals surface area contributed by atoms with Crippen molar-refractivity contribution in [2.24, 2.45) is 5.92 Å². The molecule has 0 heterocycles. The van der Waals surface area contributed by atoms with E-state index in [1.165, 1.54) is 12.8 Å². The van der Waals surface area contributed by atoms with E-state index in [4.69, 9.17) is 5.11 Å². The molecule has 1 atom stereocenters. The van der Waals surface area contributed by atoms with Gasteiger partial charge in [-0.15, -0.1) is 0 Å². The molecule has 0 radical (unpaired) electrons. The smallest absolute Gasteiger partial charge is 0.315 e. The zero-order valence-electron chi connectivity index (χ0n) is 9.66. The number of carbonyl (C=O) groups excluding carboxylic acids is 1. The number of carbonyl (C=O) groups is 2. The van der Waals surface area contributed by atoms with Gasteiger partial charge in [-0.3, -0.25) is 4.79 Å². The van der Waals surface area contributed by atoms with Crippen LogP contribution in [0, 0.1) is 5.92 Å². The number of carboxylic acid groups (broad SMARTS) is 1. The first kappa shape index (κ1) is 12.8. The van der Waals surface area contributed by atoms with Crippen LogP contribution >= 0.6 is 0 Å². The number of aliphatic carboxylic acids is 1. The zero-order chi connectivity index (χ0) is 12.0. The van der Waals surface area contributed by atoms with Crippen molar-refractivity contribution in [1.82, 2.24) is 10.6 Å². The van der Waals surface area contributed by atoms with Crippen LogP contribution in [0.2, 0.25) is 0 Å². The summed E-state index contributed by atoms with van der Waals surface area (Å²) in [6, 6.07) is -0.535. The Bertz CT molecular complexity index is 252. The topological polar surface area (TPSA) is 78.4 Å². The Morgan fingerprint density at radius 3 is 2.62 bits per heavy atom. The highest BCUT2D eigenvalue weighted by atomic mass is 16.4. The van der Waals surface area contributed by atoms with Crippen molar-refractivity contribution in [3.05, 3.63) is 0 Å². The van der Waals surface area contributed by atoms with Gasteiger partial charge in [0.25, 0.3) is 0 Å². The predicted octanol–water partition coefficient (Wildman–Crippen LogP) is 1.34. The van der Waals surface area contributed by atoms with Gasteiger partial charge in [0.1, 0.15) is 0 Å². The van der Waals surface area contributed by atoms with Gasteiger partial charge in [-0.2, -0.15) is 0 Å². The third-order valence-corrected chi connectivity index (χ3v) is 2.78. The van der Waals surface area contributed by atoms with Crippen LogP contribution in [0.3, 0.4) is 0 Å². The summed E-state index contributed by atoms with van der Waals surface area (Å²) in [5.74, 6) is -0.0913. The molecule has 92 valence electrons. The van der Waals surface area contributed by atoms with Crippen molar-refractivity contribution in [2.45, 2.75) is 45.1 Å². The second kappa shape index (κ2) is 6.35. The molecule has 16 heavy (non-hydrogen) atoms. The molecule has 0 spiro atoms. The van der Waals surface area contributed by atoms with Crippen LogP contribution in [-0.4, -0.2) is 29.7 Å². The average Bonchev–Trinajstić information content (AvgIpc) is 3.00. The van der Waals surface area contributed by atoms with E-state index >= 15 is 0 Å². The minimum absolute atomic E-state index is 0.0213. The van der Waals surface area contributed by atoms with Crippen molar-refractivity contribution in [3.63, 3.8) is 0 Å². The van der Waals surface area contributed by atoms with Crippen LogP contribution in [0.5, 0.6) is 0 Å². The van der Waals surface area contributed by atoms with E-state index in [-0.39, 0.29) is 18.5 Å². The number of urea groups is 1. The molecule has 0 aromatic rings. The molecule has 1 rings (SSSR count). The molecule has 2 amide bonds. The lowest BCUT2D eigenvalue weighted by Gasteiger charge is -2.15. The van der Waals surface area contributed by atoms with Crippen LogP contribution in [0.25, 0.3) is 0 Å². The summed E-state index contributed by atoms with van der Waals surface area (Å²) in [5.41, 5.74) is 0. The van der Waals surface area contributed by atoms with Crippen molar-refractivity contribution < 1.29 is 14.7 Å². The van der Waals surface area contributed by atoms with Gasteiger partial charge >= 0.3 is 12.0 Å². The number of rotatable bonds is 7. The lowest BCUT2D eigenvalue weighted by molar-refractivity contribution is -0.137. The monoisotopic (exact) mass is 228 g/mol. The van der Waals surface area contributed by atoms with Gasteiger partial charge in [0.05, 0.1) is 6.42 Å². The third-order valence-electron chi connectivity index (χ3n) is 2.78. The molecule has 0 aliphatic heterocycles. The highest BCUT2D eigenvalue weighted by molar-refractivity contribution is 5.75. The molecule has 0 saturated heterocycles. The first-order valence-corrected chi connectivity index (χ1v) is 5.88. The maximum Gasteiger partial charge on any atom is 0.315 e. The standard InChI is InChI=1S/C11H20N2O3/c1-2-9(7-10(14)15)13-11(16)12-6-5-8-3-4-8/h8-9H,2-7H2,1H3,(H,14,15)(H2,12,13,16). The fraction of sp³-hybridized carbons (Fsp3) is 0.818. The molecule has 1 aliphatic rings. The maximum absolute atomic E-state index is 11.4. The van der Waals surface area contributed by atoms with Gasteiger partial charge in [-0.25, -0.2) is 4.79 Å². The normalized spacial score (nSPS) is 16.6. The van der Waals surface area contributed by atoms with Gasteiger partial charge in [0, 0.05) is 12.6 Å². The number of hydrogen-bond acceptors (Lipinski definition) is 2.